The number of aliphatic carboxylic acids is 1. The Morgan fingerprint density at radius 3 is 2.72 bits per heavy atom. The number of anilines is 1. The molecule has 1 heterocycles. The quantitative estimate of drug-likeness (QED) is 0.793. The van der Waals surface area contributed by atoms with Gasteiger partial charge in [0.05, 0.1) is 6.61 Å². The van der Waals surface area contributed by atoms with E-state index in [1.807, 2.05) is 13.8 Å². The monoisotopic (exact) mass is 253 g/mol. The van der Waals surface area contributed by atoms with Crippen LogP contribution in [0.4, 0.5) is 5.82 Å². The molecule has 0 aliphatic heterocycles. The third-order valence-corrected chi connectivity index (χ3v) is 2.24. The van der Waals surface area contributed by atoms with Crippen molar-refractivity contribution in [2.24, 2.45) is 0 Å². The number of aryl methyl sites for hydroxylation is 1. The van der Waals surface area contributed by atoms with Gasteiger partial charge in [-0.15, -0.1) is 0 Å². The van der Waals surface area contributed by atoms with Crippen molar-refractivity contribution in [1.29, 1.82) is 0 Å². The molecular formula is C12H19N3O3. The Labute approximate surface area is 107 Å². The predicted molar refractivity (Wildman–Crippen MR) is 68.1 cm³/mol. The smallest absolute Gasteiger partial charge is 0.323 e. The fourth-order valence-electron chi connectivity index (χ4n) is 1.62. The maximum Gasteiger partial charge on any atom is 0.323 e. The topological polar surface area (TPSA) is 75.6 Å². The van der Waals surface area contributed by atoms with Gasteiger partial charge in [0.15, 0.2) is 0 Å². The summed E-state index contributed by atoms with van der Waals surface area (Å²) in [5.74, 6) is 0.766. The number of ether oxygens (including phenoxy) is 1. The minimum absolute atomic E-state index is 0.0736. The highest BCUT2D eigenvalue weighted by Gasteiger charge is 2.13. The Hall–Kier alpha value is -1.85. The van der Waals surface area contributed by atoms with Gasteiger partial charge in [-0.1, -0.05) is 6.92 Å². The van der Waals surface area contributed by atoms with E-state index in [1.54, 1.807) is 17.9 Å². The van der Waals surface area contributed by atoms with Crippen LogP contribution in [0.1, 0.15) is 26.1 Å². The second-order valence-corrected chi connectivity index (χ2v) is 3.86. The molecule has 0 aromatic carbocycles. The molecule has 6 heteroatoms. The van der Waals surface area contributed by atoms with E-state index >= 15 is 0 Å². The fraction of sp³-hybridized carbons (Fsp3) is 0.583. The van der Waals surface area contributed by atoms with Crippen LogP contribution in [-0.2, 0) is 4.79 Å². The van der Waals surface area contributed by atoms with Crippen molar-refractivity contribution in [1.82, 2.24) is 9.97 Å². The molecule has 0 fully saturated rings. The van der Waals surface area contributed by atoms with Crippen LogP contribution < -0.4 is 9.64 Å². The van der Waals surface area contributed by atoms with Crippen LogP contribution in [0.2, 0.25) is 0 Å². The zero-order chi connectivity index (χ0) is 13.5. The molecule has 0 amide bonds. The SMILES string of the molecule is CCCN(CC(=O)O)c1cc(OCC)nc(C)n1. The van der Waals surface area contributed by atoms with E-state index in [0.29, 0.717) is 30.7 Å². The molecule has 0 spiro atoms. The number of carboxylic acid groups (broad SMARTS) is 1. The van der Waals surface area contributed by atoms with Gasteiger partial charge in [0.2, 0.25) is 5.88 Å². The Morgan fingerprint density at radius 2 is 2.17 bits per heavy atom. The van der Waals surface area contributed by atoms with Crippen LogP contribution in [0.5, 0.6) is 5.88 Å². The summed E-state index contributed by atoms with van der Waals surface area (Å²) in [6, 6.07) is 1.68. The molecule has 18 heavy (non-hydrogen) atoms. The number of hydrogen-bond donors (Lipinski definition) is 1. The number of rotatable bonds is 7. The molecule has 0 bridgehead atoms. The molecule has 1 rings (SSSR count). The number of hydrogen-bond acceptors (Lipinski definition) is 5. The molecule has 1 aromatic heterocycles. The van der Waals surface area contributed by atoms with Crippen LogP contribution in [-0.4, -0.2) is 40.7 Å². The third-order valence-electron chi connectivity index (χ3n) is 2.24. The van der Waals surface area contributed by atoms with Crippen molar-refractivity contribution in [2.75, 3.05) is 24.6 Å². The maximum atomic E-state index is 10.8. The van der Waals surface area contributed by atoms with Gasteiger partial charge in [0.25, 0.3) is 0 Å². The first-order valence-electron chi connectivity index (χ1n) is 6.02. The van der Waals surface area contributed by atoms with Crippen molar-refractivity contribution in [3.8, 4) is 5.88 Å². The molecule has 6 nitrogen and oxygen atoms in total. The van der Waals surface area contributed by atoms with E-state index in [9.17, 15) is 4.79 Å². The van der Waals surface area contributed by atoms with E-state index in [0.717, 1.165) is 6.42 Å². The van der Waals surface area contributed by atoms with Gasteiger partial charge >= 0.3 is 5.97 Å². The van der Waals surface area contributed by atoms with E-state index in [2.05, 4.69) is 9.97 Å². The largest absolute Gasteiger partial charge is 0.480 e. The zero-order valence-electron chi connectivity index (χ0n) is 11.0. The van der Waals surface area contributed by atoms with Crippen molar-refractivity contribution in [3.63, 3.8) is 0 Å². The molecule has 0 saturated carbocycles. The summed E-state index contributed by atoms with van der Waals surface area (Å²) in [5.41, 5.74) is 0. The van der Waals surface area contributed by atoms with Gasteiger partial charge in [0, 0.05) is 12.6 Å². The van der Waals surface area contributed by atoms with Crippen molar-refractivity contribution in [2.45, 2.75) is 27.2 Å². The van der Waals surface area contributed by atoms with Crippen molar-refractivity contribution in [3.05, 3.63) is 11.9 Å². The normalized spacial score (nSPS) is 10.2. The standard InChI is InChI=1S/C12H19N3O3/c1-4-6-15(8-12(16)17)10-7-11(18-5-2)14-9(3)13-10/h7H,4-6,8H2,1-3H3,(H,16,17). The van der Waals surface area contributed by atoms with Crippen LogP contribution in [0, 0.1) is 6.92 Å². The molecule has 1 aromatic rings. The van der Waals surface area contributed by atoms with Crippen molar-refractivity contribution < 1.29 is 14.6 Å². The maximum absolute atomic E-state index is 10.8. The van der Waals surface area contributed by atoms with Crippen LogP contribution >= 0.6 is 0 Å². The highest BCUT2D eigenvalue weighted by molar-refractivity contribution is 5.73. The minimum Gasteiger partial charge on any atom is -0.480 e. The summed E-state index contributed by atoms with van der Waals surface area (Å²) in [5, 5.41) is 8.90. The Kier molecular flexibility index (Phi) is 5.35. The highest BCUT2D eigenvalue weighted by Crippen LogP contribution is 2.17. The predicted octanol–water partition coefficient (Wildman–Crippen LogP) is 1.48. The van der Waals surface area contributed by atoms with E-state index in [1.165, 1.54) is 0 Å². The molecule has 0 radical (unpaired) electrons. The molecule has 1 N–H and O–H groups in total. The van der Waals surface area contributed by atoms with Crippen LogP contribution in [0.25, 0.3) is 0 Å². The Balaban J connectivity index is 2.98. The average molecular weight is 253 g/mol. The lowest BCUT2D eigenvalue weighted by molar-refractivity contribution is -0.135. The van der Waals surface area contributed by atoms with E-state index < -0.39 is 5.97 Å². The lowest BCUT2D eigenvalue weighted by atomic mass is 10.3. The lowest BCUT2D eigenvalue weighted by Crippen LogP contribution is -2.31. The fourth-order valence-corrected chi connectivity index (χ4v) is 1.62. The van der Waals surface area contributed by atoms with E-state index in [-0.39, 0.29) is 6.54 Å². The van der Waals surface area contributed by atoms with Gasteiger partial charge in [-0.3, -0.25) is 4.79 Å². The Bertz CT molecular complexity index is 410. The summed E-state index contributed by atoms with van der Waals surface area (Å²) in [4.78, 5) is 20.9. The Morgan fingerprint density at radius 1 is 1.44 bits per heavy atom. The third kappa shape index (κ3) is 4.20. The van der Waals surface area contributed by atoms with Gasteiger partial charge in [0.1, 0.15) is 18.2 Å². The minimum atomic E-state index is -0.877. The van der Waals surface area contributed by atoms with Gasteiger partial charge in [-0.05, 0) is 20.3 Å². The molecule has 0 unspecified atom stereocenters. The second-order valence-electron chi connectivity index (χ2n) is 3.86. The van der Waals surface area contributed by atoms with Gasteiger partial charge in [-0.25, -0.2) is 4.98 Å². The first-order valence-corrected chi connectivity index (χ1v) is 6.02. The zero-order valence-corrected chi connectivity index (χ0v) is 11.0. The second kappa shape index (κ2) is 6.78. The van der Waals surface area contributed by atoms with Crippen LogP contribution in [0.15, 0.2) is 6.07 Å². The average Bonchev–Trinajstić information content (AvgIpc) is 2.27. The number of nitrogens with zero attached hydrogens (tertiary/aromatic N) is 3. The van der Waals surface area contributed by atoms with Crippen LogP contribution in [0.3, 0.4) is 0 Å². The molecule has 0 aliphatic rings. The molecule has 0 saturated heterocycles. The van der Waals surface area contributed by atoms with Crippen molar-refractivity contribution >= 4 is 11.8 Å². The first-order chi connectivity index (χ1) is 8.56. The number of aromatic nitrogens is 2. The summed E-state index contributed by atoms with van der Waals surface area (Å²) in [6.45, 7) is 6.70. The highest BCUT2D eigenvalue weighted by atomic mass is 16.5. The molecule has 0 atom stereocenters. The molecule has 100 valence electrons. The summed E-state index contributed by atoms with van der Waals surface area (Å²) < 4.78 is 5.34. The lowest BCUT2D eigenvalue weighted by Gasteiger charge is -2.21. The summed E-state index contributed by atoms with van der Waals surface area (Å²) in [7, 11) is 0. The number of carbonyl (C=O) groups is 1. The van der Waals surface area contributed by atoms with Gasteiger partial charge < -0.3 is 14.7 Å². The summed E-state index contributed by atoms with van der Waals surface area (Å²) >= 11 is 0. The van der Waals surface area contributed by atoms with Gasteiger partial charge in [-0.2, -0.15) is 4.98 Å². The summed E-state index contributed by atoms with van der Waals surface area (Å²) in [6.07, 6.45) is 0.848. The molecular weight excluding hydrogens is 234 g/mol. The first kappa shape index (κ1) is 14.2. The number of carboxylic acids is 1. The van der Waals surface area contributed by atoms with E-state index in [4.69, 9.17) is 9.84 Å². The molecule has 0 aliphatic carbocycles.